The lowest BCUT2D eigenvalue weighted by atomic mass is 9.97. The Hall–Kier alpha value is -2.28. The molecule has 3 heterocycles. The highest BCUT2D eigenvalue weighted by Gasteiger charge is 2.51. The van der Waals surface area contributed by atoms with Crippen molar-refractivity contribution in [2.45, 2.75) is 37.0 Å². The Balaban J connectivity index is 1.26. The van der Waals surface area contributed by atoms with E-state index < -0.39 is 30.9 Å². The van der Waals surface area contributed by atoms with Crippen molar-refractivity contribution in [3.8, 4) is 11.5 Å². The van der Waals surface area contributed by atoms with Gasteiger partial charge in [-0.15, -0.1) is 0 Å². The van der Waals surface area contributed by atoms with E-state index in [2.05, 4.69) is 0 Å². The van der Waals surface area contributed by atoms with Crippen molar-refractivity contribution < 1.29 is 47.4 Å². The third kappa shape index (κ3) is 7.02. The van der Waals surface area contributed by atoms with Gasteiger partial charge in [0.1, 0.15) is 37.6 Å². The van der Waals surface area contributed by atoms with Crippen LogP contribution in [0.1, 0.15) is 11.9 Å². The topological polar surface area (TPSA) is 92.3 Å². The molecule has 38 heavy (non-hydrogen) atoms. The van der Waals surface area contributed by atoms with Crippen LogP contribution in [-0.2, 0) is 37.9 Å². The average molecular weight is 533 g/mol. The fourth-order valence-corrected chi connectivity index (χ4v) is 4.68. The summed E-state index contributed by atoms with van der Waals surface area (Å²) in [5.74, 6) is 1.34. The van der Waals surface area contributed by atoms with E-state index >= 15 is 0 Å². The Bertz CT molecular complexity index is 960. The average Bonchev–Trinajstić information content (AvgIpc) is 2.96. The molecule has 0 aliphatic carbocycles. The molecule has 2 fully saturated rings. The summed E-state index contributed by atoms with van der Waals surface area (Å²) in [5.41, 5.74) is 0.929. The van der Waals surface area contributed by atoms with E-state index in [-0.39, 0.29) is 6.10 Å². The normalized spacial score (nSPS) is 31.7. The van der Waals surface area contributed by atoms with Gasteiger partial charge in [0, 0.05) is 12.7 Å². The lowest BCUT2D eigenvalue weighted by Crippen LogP contribution is -2.63. The van der Waals surface area contributed by atoms with Crippen molar-refractivity contribution in [1.82, 2.24) is 0 Å². The van der Waals surface area contributed by atoms with Crippen LogP contribution in [0.3, 0.4) is 0 Å². The van der Waals surface area contributed by atoms with E-state index in [0.29, 0.717) is 71.0 Å². The summed E-state index contributed by atoms with van der Waals surface area (Å²) in [4.78, 5) is 0. The molecule has 0 radical (unpaired) electrons. The van der Waals surface area contributed by atoms with E-state index in [0.717, 1.165) is 5.56 Å². The first kappa shape index (κ1) is 27.3. The molecule has 2 aromatic carbocycles. The zero-order valence-corrected chi connectivity index (χ0v) is 21.6. The highest BCUT2D eigenvalue weighted by atomic mass is 16.8. The van der Waals surface area contributed by atoms with Crippen LogP contribution in [-0.4, -0.2) is 97.3 Å². The molecule has 2 aromatic rings. The highest BCUT2D eigenvalue weighted by Crippen LogP contribution is 2.36. The number of rotatable bonds is 2. The molecule has 2 saturated heterocycles. The van der Waals surface area contributed by atoms with Gasteiger partial charge < -0.3 is 47.4 Å². The van der Waals surface area contributed by atoms with Gasteiger partial charge in [-0.3, -0.25) is 0 Å². The predicted octanol–water partition coefficient (Wildman–Crippen LogP) is 2.75. The van der Waals surface area contributed by atoms with Crippen molar-refractivity contribution in [2.24, 2.45) is 0 Å². The molecule has 6 atom stereocenters. The maximum absolute atomic E-state index is 6.39. The number of ether oxygens (including phenoxy) is 10. The number of hydrogen-bond donors (Lipinski definition) is 0. The summed E-state index contributed by atoms with van der Waals surface area (Å²) in [6.07, 6.45) is -2.98. The summed E-state index contributed by atoms with van der Waals surface area (Å²) >= 11 is 0. The summed E-state index contributed by atoms with van der Waals surface area (Å²) in [5, 5.41) is 0. The molecule has 3 aliphatic heterocycles. The highest BCUT2D eigenvalue weighted by molar-refractivity contribution is 5.39. The van der Waals surface area contributed by atoms with Crippen molar-refractivity contribution in [3.05, 3.63) is 60.2 Å². The van der Waals surface area contributed by atoms with E-state index in [4.69, 9.17) is 47.4 Å². The number of para-hydroxylation sites is 2. The Labute approximate surface area is 222 Å². The molecule has 208 valence electrons. The largest absolute Gasteiger partial charge is 0.487 e. The van der Waals surface area contributed by atoms with Crippen LogP contribution in [0.2, 0.25) is 0 Å². The van der Waals surface area contributed by atoms with Gasteiger partial charge in [-0.2, -0.15) is 0 Å². The molecular weight excluding hydrogens is 496 g/mol. The smallest absolute Gasteiger partial charge is 0.186 e. The zero-order chi connectivity index (χ0) is 26.0. The Morgan fingerprint density at radius 3 is 1.87 bits per heavy atom. The molecule has 1 unspecified atom stereocenters. The first-order valence-corrected chi connectivity index (χ1v) is 13.1. The van der Waals surface area contributed by atoms with Crippen molar-refractivity contribution >= 4 is 0 Å². The van der Waals surface area contributed by atoms with Gasteiger partial charge in [0.15, 0.2) is 24.1 Å². The fourth-order valence-electron chi connectivity index (χ4n) is 4.68. The van der Waals surface area contributed by atoms with Crippen molar-refractivity contribution in [2.75, 3.05) is 66.6 Å². The molecule has 0 amide bonds. The molecule has 3 aliphatic rings. The van der Waals surface area contributed by atoms with Gasteiger partial charge in [-0.25, -0.2) is 0 Å². The molecule has 5 rings (SSSR count). The Morgan fingerprint density at radius 2 is 1.21 bits per heavy atom. The van der Waals surface area contributed by atoms with Crippen LogP contribution in [0, 0.1) is 0 Å². The number of benzene rings is 2. The molecule has 10 heteroatoms. The van der Waals surface area contributed by atoms with Crippen molar-refractivity contribution in [3.63, 3.8) is 0 Å². The van der Waals surface area contributed by atoms with Crippen molar-refractivity contribution in [1.29, 1.82) is 0 Å². The third-order valence-corrected chi connectivity index (χ3v) is 6.48. The lowest BCUT2D eigenvalue weighted by Gasteiger charge is -2.48. The van der Waals surface area contributed by atoms with Crippen LogP contribution in [0.15, 0.2) is 54.6 Å². The van der Waals surface area contributed by atoms with Crippen LogP contribution in [0.4, 0.5) is 0 Å². The maximum atomic E-state index is 6.39. The quantitative estimate of drug-likeness (QED) is 0.575. The molecule has 0 bridgehead atoms. The number of methoxy groups -OCH3 is 1. The van der Waals surface area contributed by atoms with E-state index in [1.165, 1.54) is 0 Å². The monoisotopic (exact) mass is 532 g/mol. The van der Waals surface area contributed by atoms with Crippen LogP contribution in [0.25, 0.3) is 0 Å². The standard InChI is InChI=1S/C28H36O10/c1-29-28-26-25(24-23(37-28)19-36-27(38-24)20-7-3-2-4-8-20)34-17-13-30-11-15-32-21-9-5-6-10-22(21)33-16-12-31-14-18-35-26/h2-10,23-28H,11-19H2,1H3/t23-,24+,25+,26-,27?,28-/m1/s1. The van der Waals surface area contributed by atoms with Gasteiger partial charge in [0.05, 0.1) is 46.2 Å². The molecule has 10 nitrogen and oxygen atoms in total. The molecule has 0 N–H and O–H groups in total. The van der Waals surface area contributed by atoms with Crippen LogP contribution in [0.5, 0.6) is 11.5 Å². The zero-order valence-electron chi connectivity index (χ0n) is 21.6. The SMILES string of the molecule is CO[C@@H]1O[C@@H]2COC(c3ccccc3)O[C@@H]2[C@@H]2OCCOCCOc3ccccc3OCCOCCO[C@@H]12. The van der Waals surface area contributed by atoms with E-state index in [1.807, 2.05) is 54.6 Å². The minimum absolute atomic E-state index is 0.319. The Kier molecular flexibility index (Phi) is 10.2. The molecule has 0 saturated carbocycles. The maximum Gasteiger partial charge on any atom is 0.186 e. The van der Waals surface area contributed by atoms with Gasteiger partial charge >= 0.3 is 0 Å². The minimum Gasteiger partial charge on any atom is -0.487 e. The summed E-state index contributed by atoms with van der Waals surface area (Å²) < 4.78 is 60.0. The fraction of sp³-hybridized carbons (Fsp3) is 0.571. The molecule has 0 spiro atoms. The Morgan fingerprint density at radius 1 is 0.605 bits per heavy atom. The third-order valence-electron chi connectivity index (χ3n) is 6.48. The number of fused-ring (bicyclic) bond motifs is 4. The van der Waals surface area contributed by atoms with Crippen LogP contribution < -0.4 is 9.47 Å². The first-order valence-electron chi connectivity index (χ1n) is 13.1. The molecular formula is C28H36O10. The summed E-state index contributed by atoms with van der Waals surface area (Å²) in [7, 11) is 1.59. The van der Waals surface area contributed by atoms with E-state index in [1.54, 1.807) is 7.11 Å². The van der Waals surface area contributed by atoms with Gasteiger partial charge in [0.2, 0.25) is 0 Å². The van der Waals surface area contributed by atoms with E-state index in [9.17, 15) is 0 Å². The van der Waals surface area contributed by atoms with Gasteiger partial charge in [0.25, 0.3) is 0 Å². The number of hydrogen-bond acceptors (Lipinski definition) is 10. The lowest BCUT2D eigenvalue weighted by molar-refractivity contribution is -0.368. The summed E-state index contributed by atoms with van der Waals surface area (Å²) in [6.45, 7) is 3.32. The minimum atomic E-state index is -0.651. The predicted molar refractivity (Wildman–Crippen MR) is 134 cm³/mol. The summed E-state index contributed by atoms with van der Waals surface area (Å²) in [6, 6.07) is 17.4. The first-order chi connectivity index (χ1) is 18.8. The van der Waals surface area contributed by atoms with Gasteiger partial charge in [-0.05, 0) is 12.1 Å². The second-order valence-electron chi connectivity index (χ2n) is 8.99. The molecule has 0 aromatic heterocycles. The van der Waals surface area contributed by atoms with Crippen LogP contribution >= 0.6 is 0 Å². The van der Waals surface area contributed by atoms with Gasteiger partial charge in [-0.1, -0.05) is 42.5 Å². The second kappa shape index (κ2) is 14.2. The second-order valence-corrected chi connectivity index (χ2v) is 8.99.